The van der Waals surface area contributed by atoms with E-state index in [-0.39, 0.29) is 5.60 Å². The highest BCUT2D eigenvalue weighted by Crippen LogP contribution is 2.28. The number of aliphatic hydroxyl groups excluding tert-OH is 1. The minimum Gasteiger partial charge on any atom is -0.351 e. The lowest BCUT2D eigenvalue weighted by Gasteiger charge is -2.35. The third-order valence-electron chi connectivity index (χ3n) is 2.73. The van der Waals surface area contributed by atoms with Crippen molar-refractivity contribution in [2.24, 2.45) is 7.05 Å². The molecule has 0 amide bonds. The molecule has 17 heavy (non-hydrogen) atoms. The number of ether oxygens (including phenoxy) is 1. The first-order valence-electron chi connectivity index (χ1n) is 6.02. The van der Waals surface area contributed by atoms with Gasteiger partial charge >= 0.3 is 0 Å². The maximum Gasteiger partial charge on any atom is 0.238 e. The molecule has 96 valence electrons. The molecule has 2 heterocycles. The highest BCUT2D eigenvalue weighted by molar-refractivity contribution is 5.51. The van der Waals surface area contributed by atoms with E-state index in [4.69, 9.17) is 4.74 Å². The van der Waals surface area contributed by atoms with Crippen LogP contribution in [-0.4, -0.2) is 33.4 Å². The van der Waals surface area contributed by atoms with Crippen molar-refractivity contribution < 1.29 is 9.84 Å². The number of nitrogens with zero attached hydrogens (tertiary/aromatic N) is 3. The fourth-order valence-electron chi connectivity index (χ4n) is 2.09. The highest BCUT2D eigenvalue weighted by atomic mass is 16.6. The summed E-state index contributed by atoms with van der Waals surface area (Å²) in [5.41, 5.74) is 1.66. The Morgan fingerprint density at radius 3 is 2.82 bits per heavy atom. The van der Waals surface area contributed by atoms with E-state index >= 15 is 0 Å². The van der Waals surface area contributed by atoms with Crippen molar-refractivity contribution in [3.05, 3.63) is 11.9 Å². The molecule has 1 unspecified atom stereocenters. The lowest BCUT2D eigenvalue weighted by atomic mass is 10.1. The van der Waals surface area contributed by atoms with Crippen LogP contribution in [0.2, 0.25) is 0 Å². The maximum atomic E-state index is 10.1. The van der Waals surface area contributed by atoms with E-state index in [2.05, 4.69) is 5.10 Å². The predicted octanol–water partition coefficient (Wildman–Crippen LogP) is 1.26. The monoisotopic (exact) mass is 239 g/mol. The van der Waals surface area contributed by atoms with E-state index in [1.54, 1.807) is 4.68 Å². The van der Waals surface area contributed by atoms with Crippen LogP contribution >= 0.6 is 0 Å². The minimum absolute atomic E-state index is 0.362. The standard InChI is InChI=1S/C12H21N3O2/c1-12(2,3)17-11(16)15-7-5-6-9-10(15)8-14(4)13-9/h8,11,16H,5-7H2,1-4H3. The number of fused-ring (bicyclic) bond motifs is 1. The van der Waals surface area contributed by atoms with Gasteiger partial charge in [-0.15, -0.1) is 0 Å². The van der Waals surface area contributed by atoms with Crippen LogP contribution in [0.4, 0.5) is 5.69 Å². The molecule has 1 atom stereocenters. The van der Waals surface area contributed by atoms with Crippen LogP contribution in [-0.2, 0) is 18.2 Å². The molecule has 5 heteroatoms. The van der Waals surface area contributed by atoms with Crippen molar-refractivity contribution in [3.8, 4) is 0 Å². The van der Waals surface area contributed by atoms with Crippen LogP contribution in [0.3, 0.4) is 0 Å². The van der Waals surface area contributed by atoms with Crippen LogP contribution < -0.4 is 4.90 Å². The first-order valence-corrected chi connectivity index (χ1v) is 6.02. The van der Waals surface area contributed by atoms with Gasteiger partial charge in [0.15, 0.2) is 0 Å². The number of hydrogen-bond donors (Lipinski definition) is 1. The molecule has 1 aliphatic heterocycles. The molecule has 0 saturated carbocycles. The molecule has 0 aromatic carbocycles. The van der Waals surface area contributed by atoms with Gasteiger partial charge in [-0.2, -0.15) is 5.10 Å². The maximum absolute atomic E-state index is 10.1. The van der Waals surface area contributed by atoms with E-state index in [0.29, 0.717) is 0 Å². The zero-order valence-electron chi connectivity index (χ0n) is 11.0. The van der Waals surface area contributed by atoms with E-state index in [1.165, 1.54) is 0 Å². The predicted molar refractivity (Wildman–Crippen MR) is 65.7 cm³/mol. The van der Waals surface area contributed by atoms with Gasteiger partial charge in [0.2, 0.25) is 6.41 Å². The Labute approximate surface area is 102 Å². The number of rotatable bonds is 2. The van der Waals surface area contributed by atoms with Crippen molar-refractivity contribution in [1.82, 2.24) is 9.78 Å². The molecule has 2 rings (SSSR count). The molecular weight excluding hydrogens is 218 g/mol. The SMILES string of the molecule is Cn1cc2c(n1)CCCN2C(O)OC(C)(C)C. The Bertz CT molecular complexity index is 395. The summed E-state index contributed by atoms with van der Waals surface area (Å²) in [5, 5.41) is 14.5. The average molecular weight is 239 g/mol. The van der Waals surface area contributed by atoms with Crippen LogP contribution in [0.5, 0.6) is 0 Å². The van der Waals surface area contributed by atoms with E-state index < -0.39 is 6.41 Å². The summed E-state index contributed by atoms with van der Waals surface area (Å²) in [6, 6.07) is 0. The summed E-state index contributed by atoms with van der Waals surface area (Å²) in [6.07, 6.45) is 2.99. The van der Waals surface area contributed by atoms with Crippen LogP contribution in [0.15, 0.2) is 6.20 Å². The molecule has 1 aromatic rings. The zero-order valence-corrected chi connectivity index (χ0v) is 11.0. The summed E-state index contributed by atoms with van der Waals surface area (Å²) in [7, 11) is 1.90. The largest absolute Gasteiger partial charge is 0.351 e. The molecule has 0 bridgehead atoms. The van der Waals surface area contributed by atoms with E-state index in [9.17, 15) is 5.11 Å². The number of aliphatic hydroxyl groups is 1. The van der Waals surface area contributed by atoms with Gasteiger partial charge in [0.1, 0.15) is 0 Å². The quantitative estimate of drug-likeness (QED) is 0.789. The van der Waals surface area contributed by atoms with Crippen LogP contribution in [0.1, 0.15) is 32.9 Å². The van der Waals surface area contributed by atoms with Crippen molar-refractivity contribution in [3.63, 3.8) is 0 Å². The molecule has 0 fully saturated rings. The van der Waals surface area contributed by atoms with E-state index in [0.717, 1.165) is 30.8 Å². The molecule has 1 aliphatic rings. The smallest absolute Gasteiger partial charge is 0.238 e. The number of anilines is 1. The van der Waals surface area contributed by atoms with Gasteiger partial charge in [0.25, 0.3) is 0 Å². The molecule has 5 nitrogen and oxygen atoms in total. The van der Waals surface area contributed by atoms with Crippen LogP contribution in [0, 0.1) is 0 Å². The summed E-state index contributed by atoms with van der Waals surface area (Å²) < 4.78 is 7.37. The van der Waals surface area contributed by atoms with Gasteiger partial charge in [-0.3, -0.25) is 4.68 Å². The van der Waals surface area contributed by atoms with Crippen LogP contribution in [0.25, 0.3) is 0 Å². The molecule has 1 aromatic heterocycles. The molecule has 0 saturated heterocycles. The number of aryl methyl sites for hydroxylation is 2. The third kappa shape index (κ3) is 2.79. The fraction of sp³-hybridized carbons (Fsp3) is 0.750. The Hall–Kier alpha value is -1.07. The Morgan fingerprint density at radius 2 is 2.18 bits per heavy atom. The summed E-state index contributed by atoms with van der Waals surface area (Å²) in [6.45, 7) is 6.61. The molecule has 0 spiro atoms. The van der Waals surface area contributed by atoms with Crippen molar-refractivity contribution in [1.29, 1.82) is 0 Å². The zero-order chi connectivity index (χ0) is 12.6. The number of hydrogen-bond acceptors (Lipinski definition) is 4. The van der Waals surface area contributed by atoms with Gasteiger partial charge in [0, 0.05) is 19.8 Å². The second kappa shape index (κ2) is 4.31. The lowest BCUT2D eigenvalue weighted by molar-refractivity contribution is -0.165. The Kier molecular flexibility index (Phi) is 3.14. The topological polar surface area (TPSA) is 50.5 Å². The van der Waals surface area contributed by atoms with Crippen molar-refractivity contribution in [2.45, 2.75) is 45.6 Å². The lowest BCUT2D eigenvalue weighted by Crippen LogP contribution is -2.44. The van der Waals surface area contributed by atoms with Crippen molar-refractivity contribution >= 4 is 5.69 Å². The van der Waals surface area contributed by atoms with Gasteiger partial charge in [-0.25, -0.2) is 0 Å². The summed E-state index contributed by atoms with van der Waals surface area (Å²) >= 11 is 0. The summed E-state index contributed by atoms with van der Waals surface area (Å²) in [5.74, 6) is 0. The molecule has 0 aliphatic carbocycles. The third-order valence-corrected chi connectivity index (χ3v) is 2.73. The van der Waals surface area contributed by atoms with Gasteiger partial charge in [-0.1, -0.05) is 0 Å². The number of aromatic nitrogens is 2. The van der Waals surface area contributed by atoms with Gasteiger partial charge in [-0.05, 0) is 33.6 Å². The van der Waals surface area contributed by atoms with Crippen molar-refractivity contribution in [2.75, 3.05) is 11.4 Å². The Morgan fingerprint density at radius 1 is 1.47 bits per heavy atom. The second-order valence-corrected chi connectivity index (χ2v) is 5.49. The first kappa shape index (κ1) is 12.4. The second-order valence-electron chi connectivity index (χ2n) is 5.49. The molecular formula is C12H21N3O2. The normalized spacial score (nSPS) is 18.1. The minimum atomic E-state index is -0.904. The van der Waals surface area contributed by atoms with Gasteiger partial charge < -0.3 is 14.7 Å². The van der Waals surface area contributed by atoms with Gasteiger partial charge in [0.05, 0.1) is 17.0 Å². The molecule has 0 radical (unpaired) electrons. The highest BCUT2D eigenvalue weighted by Gasteiger charge is 2.28. The first-order chi connectivity index (χ1) is 7.87. The molecule has 1 N–H and O–H groups in total. The van der Waals surface area contributed by atoms with E-state index in [1.807, 2.05) is 38.9 Å². The average Bonchev–Trinajstić information content (AvgIpc) is 2.54. The Balaban J connectivity index is 2.17. The summed E-state index contributed by atoms with van der Waals surface area (Å²) in [4.78, 5) is 1.87. The fourth-order valence-corrected chi connectivity index (χ4v) is 2.09.